The SMILES string of the molecule is CN=C(NCC1CCCO1)NCC1(C)CCCO1.I. The standard InChI is InChI=1S/C13H25N3O2.HI/c1-13(6-4-8-18-13)10-16-12(14-2)15-9-11-5-3-7-17-11;/h11H,3-10H2,1-2H3,(H2,14,15,16);1H. The normalized spacial score (nSPS) is 31.1. The van der Waals surface area contributed by atoms with Crippen molar-refractivity contribution in [3.8, 4) is 0 Å². The van der Waals surface area contributed by atoms with Crippen molar-refractivity contribution in [1.82, 2.24) is 10.6 Å². The van der Waals surface area contributed by atoms with E-state index < -0.39 is 0 Å². The minimum atomic E-state index is -0.0402. The average Bonchev–Trinajstić information content (AvgIpc) is 3.01. The summed E-state index contributed by atoms with van der Waals surface area (Å²) < 4.78 is 11.3. The predicted octanol–water partition coefficient (Wildman–Crippen LogP) is 1.52. The second-order valence-corrected chi connectivity index (χ2v) is 5.34. The van der Waals surface area contributed by atoms with Crippen molar-refractivity contribution in [1.29, 1.82) is 0 Å². The summed E-state index contributed by atoms with van der Waals surface area (Å²) in [6.45, 7) is 5.56. The predicted molar refractivity (Wildman–Crippen MR) is 87.3 cm³/mol. The van der Waals surface area contributed by atoms with Gasteiger partial charge in [-0.15, -0.1) is 24.0 Å². The van der Waals surface area contributed by atoms with E-state index in [0.717, 1.165) is 51.5 Å². The molecule has 2 heterocycles. The largest absolute Gasteiger partial charge is 0.376 e. The number of ether oxygens (including phenoxy) is 2. The number of rotatable bonds is 4. The van der Waals surface area contributed by atoms with Crippen LogP contribution in [0.2, 0.25) is 0 Å². The maximum absolute atomic E-state index is 5.74. The highest BCUT2D eigenvalue weighted by Crippen LogP contribution is 2.23. The smallest absolute Gasteiger partial charge is 0.191 e. The first-order valence-corrected chi connectivity index (χ1v) is 6.92. The molecule has 0 aromatic rings. The van der Waals surface area contributed by atoms with E-state index >= 15 is 0 Å². The molecule has 0 spiro atoms. The van der Waals surface area contributed by atoms with E-state index in [1.165, 1.54) is 6.42 Å². The number of halogens is 1. The first-order chi connectivity index (χ1) is 8.72. The molecular formula is C13H26IN3O2. The quantitative estimate of drug-likeness (QED) is 0.439. The third kappa shape index (κ3) is 5.43. The Kier molecular flexibility index (Phi) is 7.38. The van der Waals surface area contributed by atoms with Crippen molar-refractivity contribution < 1.29 is 9.47 Å². The zero-order valence-electron chi connectivity index (χ0n) is 11.9. The Bertz CT molecular complexity index is 288. The molecule has 0 bridgehead atoms. The molecule has 0 aromatic heterocycles. The van der Waals surface area contributed by atoms with Crippen molar-refractivity contribution >= 4 is 29.9 Å². The molecule has 2 unspecified atom stereocenters. The van der Waals surface area contributed by atoms with Gasteiger partial charge in [-0.2, -0.15) is 0 Å². The molecule has 2 aliphatic heterocycles. The van der Waals surface area contributed by atoms with Gasteiger partial charge in [0.1, 0.15) is 0 Å². The van der Waals surface area contributed by atoms with Crippen LogP contribution in [0.5, 0.6) is 0 Å². The molecule has 2 rings (SSSR count). The fourth-order valence-electron chi connectivity index (χ4n) is 2.48. The van der Waals surface area contributed by atoms with Gasteiger partial charge < -0.3 is 20.1 Å². The summed E-state index contributed by atoms with van der Waals surface area (Å²) in [6.07, 6.45) is 4.92. The molecule has 0 aliphatic carbocycles. The number of aliphatic imine (C=N–C) groups is 1. The molecule has 112 valence electrons. The molecular weight excluding hydrogens is 357 g/mol. The van der Waals surface area contributed by atoms with Gasteiger partial charge in [-0.05, 0) is 32.6 Å². The number of hydrogen-bond donors (Lipinski definition) is 2. The van der Waals surface area contributed by atoms with Crippen LogP contribution >= 0.6 is 24.0 Å². The lowest BCUT2D eigenvalue weighted by Crippen LogP contribution is -2.47. The van der Waals surface area contributed by atoms with Gasteiger partial charge in [0.05, 0.1) is 11.7 Å². The van der Waals surface area contributed by atoms with Gasteiger partial charge in [-0.25, -0.2) is 0 Å². The molecule has 6 heteroatoms. The Morgan fingerprint density at radius 2 is 2.16 bits per heavy atom. The van der Waals surface area contributed by atoms with Gasteiger partial charge in [0, 0.05) is 33.4 Å². The van der Waals surface area contributed by atoms with Crippen molar-refractivity contribution in [2.75, 3.05) is 33.4 Å². The zero-order chi connectivity index (χ0) is 12.8. The summed E-state index contributed by atoms with van der Waals surface area (Å²) in [6, 6.07) is 0. The van der Waals surface area contributed by atoms with Crippen LogP contribution in [0.3, 0.4) is 0 Å². The van der Waals surface area contributed by atoms with Gasteiger partial charge in [-0.1, -0.05) is 0 Å². The number of nitrogens with one attached hydrogen (secondary N) is 2. The molecule has 2 N–H and O–H groups in total. The van der Waals surface area contributed by atoms with Crippen LogP contribution < -0.4 is 10.6 Å². The van der Waals surface area contributed by atoms with Crippen LogP contribution in [0.1, 0.15) is 32.6 Å². The van der Waals surface area contributed by atoms with Gasteiger partial charge in [0.15, 0.2) is 5.96 Å². The third-order valence-corrected chi connectivity index (χ3v) is 3.68. The molecule has 19 heavy (non-hydrogen) atoms. The molecule has 0 amide bonds. The van der Waals surface area contributed by atoms with E-state index in [9.17, 15) is 0 Å². The van der Waals surface area contributed by atoms with Crippen molar-refractivity contribution in [2.24, 2.45) is 4.99 Å². The second kappa shape index (κ2) is 8.26. The monoisotopic (exact) mass is 383 g/mol. The van der Waals surface area contributed by atoms with Crippen molar-refractivity contribution in [3.63, 3.8) is 0 Å². The molecule has 2 saturated heterocycles. The van der Waals surface area contributed by atoms with Crippen LogP contribution in [-0.2, 0) is 9.47 Å². The van der Waals surface area contributed by atoms with Gasteiger partial charge in [0.2, 0.25) is 0 Å². The van der Waals surface area contributed by atoms with E-state index in [-0.39, 0.29) is 29.6 Å². The van der Waals surface area contributed by atoms with Crippen molar-refractivity contribution in [3.05, 3.63) is 0 Å². The Hall–Kier alpha value is -0.0800. The lowest BCUT2D eigenvalue weighted by molar-refractivity contribution is 0.0242. The van der Waals surface area contributed by atoms with E-state index in [4.69, 9.17) is 9.47 Å². The average molecular weight is 383 g/mol. The number of hydrogen-bond acceptors (Lipinski definition) is 3. The van der Waals surface area contributed by atoms with Crippen LogP contribution in [0.15, 0.2) is 4.99 Å². The van der Waals surface area contributed by atoms with Gasteiger partial charge in [0.25, 0.3) is 0 Å². The lowest BCUT2D eigenvalue weighted by Gasteiger charge is -2.25. The first kappa shape index (κ1) is 17.0. The molecule has 0 aromatic carbocycles. The molecule has 0 radical (unpaired) electrons. The first-order valence-electron chi connectivity index (χ1n) is 6.92. The summed E-state index contributed by atoms with van der Waals surface area (Å²) in [5, 5.41) is 6.65. The minimum absolute atomic E-state index is 0. The second-order valence-electron chi connectivity index (χ2n) is 5.34. The Morgan fingerprint density at radius 1 is 1.32 bits per heavy atom. The number of nitrogens with zero attached hydrogens (tertiary/aromatic N) is 1. The number of guanidine groups is 1. The summed E-state index contributed by atoms with van der Waals surface area (Å²) in [4.78, 5) is 4.22. The zero-order valence-corrected chi connectivity index (χ0v) is 14.2. The maximum atomic E-state index is 5.74. The van der Waals surface area contributed by atoms with Crippen molar-refractivity contribution in [2.45, 2.75) is 44.3 Å². The maximum Gasteiger partial charge on any atom is 0.191 e. The van der Waals surface area contributed by atoms with Crippen LogP contribution in [0, 0.1) is 0 Å². The fraction of sp³-hybridized carbons (Fsp3) is 0.923. The Labute approximate surface area is 132 Å². The highest BCUT2D eigenvalue weighted by Gasteiger charge is 2.29. The lowest BCUT2D eigenvalue weighted by atomic mass is 10.0. The summed E-state index contributed by atoms with van der Waals surface area (Å²) in [7, 11) is 1.79. The van der Waals surface area contributed by atoms with E-state index in [0.29, 0.717) is 6.10 Å². The van der Waals surface area contributed by atoms with Gasteiger partial charge >= 0.3 is 0 Å². The topological polar surface area (TPSA) is 54.9 Å². The molecule has 5 nitrogen and oxygen atoms in total. The van der Waals surface area contributed by atoms with E-state index in [1.807, 2.05) is 0 Å². The Balaban J connectivity index is 0.00000180. The van der Waals surface area contributed by atoms with E-state index in [1.54, 1.807) is 7.05 Å². The molecule has 2 fully saturated rings. The fourth-order valence-corrected chi connectivity index (χ4v) is 2.48. The summed E-state index contributed by atoms with van der Waals surface area (Å²) >= 11 is 0. The molecule has 2 atom stereocenters. The van der Waals surface area contributed by atoms with Crippen LogP contribution in [0.25, 0.3) is 0 Å². The highest BCUT2D eigenvalue weighted by atomic mass is 127. The van der Waals surface area contributed by atoms with Gasteiger partial charge in [-0.3, -0.25) is 4.99 Å². The van der Waals surface area contributed by atoms with E-state index in [2.05, 4.69) is 22.5 Å². The molecule has 0 saturated carbocycles. The minimum Gasteiger partial charge on any atom is -0.376 e. The summed E-state index contributed by atoms with van der Waals surface area (Å²) in [5.74, 6) is 0.835. The highest BCUT2D eigenvalue weighted by molar-refractivity contribution is 14.0. The Morgan fingerprint density at radius 3 is 2.74 bits per heavy atom. The molecule has 2 aliphatic rings. The third-order valence-electron chi connectivity index (χ3n) is 3.68. The summed E-state index contributed by atoms with van der Waals surface area (Å²) in [5.41, 5.74) is -0.0402. The van der Waals surface area contributed by atoms with Crippen LogP contribution in [0.4, 0.5) is 0 Å². The van der Waals surface area contributed by atoms with Crippen LogP contribution in [-0.4, -0.2) is 51.0 Å².